The van der Waals surface area contributed by atoms with Gasteiger partial charge in [0.1, 0.15) is 0 Å². The molecule has 1 aromatic rings. The number of amides is 1. The third kappa shape index (κ3) is 6.14. The molecule has 6 nitrogen and oxygen atoms in total. The average Bonchev–Trinajstić information content (AvgIpc) is 2.60. The molecule has 0 bridgehead atoms. The number of rotatable bonds is 7. The Kier molecular flexibility index (Phi) is 7.23. The molecular weight excluding hydrogens is 378 g/mol. The highest BCUT2D eigenvalue weighted by molar-refractivity contribution is 7.90. The monoisotopic (exact) mass is 399 g/mol. The standard InChI is InChI=1S/C18H22ClNO5S/c1-26(23,24)14-7-8-16(19)15(11-14)18(22)25-12-17(21)20-10-9-13-5-3-2-4-6-13/h5,7-8,11H,2-4,6,9-10,12H2,1H3,(H,20,21). The molecule has 0 atom stereocenters. The lowest BCUT2D eigenvalue weighted by Gasteiger charge is -2.13. The van der Waals surface area contributed by atoms with E-state index < -0.39 is 28.3 Å². The van der Waals surface area contributed by atoms with Crippen LogP contribution in [0.4, 0.5) is 0 Å². The summed E-state index contributed by atoms with van der Waals surface area (Å²) < 4.78 is 28.1. The van der Waals surface area contributed by atoms with E-state index in [1.165, 1.54) is 30.5 Å². The van der Waals surface area contributed by atoms with E-state index in [4.69, 9.17) is 16.3 Å². The zero-order chi connectivity index (χ0) is 19.2. The van der Waals surface area contributed by atoms with Crippen LogP contribution in [0.2, 0.25) is 5.02 Å². The largest absolute Gasteiger partial charge is 0.452 e. The van der Waals surface area contributed by atoms with E-state index in [2.05, 4.69) is 11.4 Å². The Morgan fingerprint density at radius 3 is 2.69 bits per heavy atom. The highest BCUT2D eigenvalue weighted by Gasteiger charge is 2.17. The van der Waals surface area contributed by atoms with E-state index >= 15 is 0 Å². The molecule has 0 heterocycles. The second-order valence-corrected chi connectivity index (χ2v) is 8.62. The molecule has 1 aliphatic carbocycles. The van der Waals surface area contributed by atoms with E-state index in [1.807, 2.05) is 0 Å². The van der Waals surface area contributed by atoms with Crippen LogP contribution in [0.15, 0.2) is 34.7 Å². The molecule has 0 aliphatic heterocycles. The lowest BCUT2D eigenvalue weighted by atomic mass is 9.97. The zero-order valence-corrected chi connectivity index (χ0v) is 16.2. The summed E-state index contributed by atoms with van der Waals surface area (Å²) in [6, 6.07) is 3.76. The van der Waals surface area contributed by atoms with Crippen molar-refractivity contribution in [2.75, 3.05) is 19.4 Å². The number of hydrogen-bond acceptors (Lipinski definition) is 5. The van der Waals surface area contributed by atoms with Crippen molar-refractivity contribution in [1.29, 1.82) is 0 Å². The summed E-state index contributed by atoms with van der Waals surface area (Å²) in [5.74, 6) is -1.25. The van der Waals surface area contributed by atoms with E-state index in [-0.39, 0.29) is 15.5 Å². The molecule has 0 spiro atoms. The molecule has 26 heavy (non-hydrogen) atoms. The van der Waals surface area contributed by atoms with Crippen molar-refractivity contribution >= 4 is 33.3 Å². The fourth-order valence-corrected chi connectivity index (χ4v) is 3.49. The average molecular weight is 400 g/mol. The predicted molar refractivity (Wildman–Crippen MR) is 99.0 cm³/mol. The van der Waals surface area contributed by atoms with Crippen molar-refractivity contribution in [2.45, 2.75) is 37.0 Å². The quantitative estimate of drug-likeness (QED) is 0.562. The van der Waals surface area contributed by atoms with Gasteiger partial charge in [-0.2, -0.15) is 0 Å². The van der Waals surface area contributed by atoms with Crippen molar-refractivity contribution in [1.82, 2.24) is 5.32 Å². The van der Waals surface area contributed by atoms with Crippen LogP contribution in [-0.4, -0.2) is 39.7 Å². The van der Waals surface area contributed by atoms with Gasteiger partial charge in [-0.05, 0) is 50.3 Å². The molecule has 1 aliphatic rings. The summed E-state index contributed by atoms with van der Waals surface area (Å²) >= 11 is 5.92. The van der Waals surface area contributed by atoms with Crippen molar-refractivity contribution in [3.05, 3.63) is 40.4 Å². The summed E-state index contributed by atoms with van der Waals surface area (Å²) in [7, 11) is -3.48. The minimum Gasteiger partial charge on any atom is -0.452 e. The zero-order valence-electron chi connectivity index (χ0n) is 14.6. The maximum atomic E-state index is 12.1. The van der Waals surface area contributed by atoms with Crippen molar-refractivity contribution in [3.63, 3.8) is 0 Å². The third-order valence-corrected chi connectivity index (χ3v) is 5.51. The fourth-order valence-electron chi connectivity index (χ4n) is 2.65. The second-order valence-electron chi connectivity index (χ2n) is 6.20. The van der Waals surface area contributed by atoms with Gasteiger partial charge in [0.15, 0.2) is 16.4 Å². The first-order valence-corrected chi connectivity index (χ1v) is 10.7. The van der Waals surface area contributed by atoms with Gasteiger partial charge in [-0.3, -0.25) is 4.79 Å². The molecule has 2 rings (SSSR count). The van der Waals surface area contributed by atoms with Crippen LogP contribution in [0.1, 0.15) is 42.5 Å². The van der Waals surface area contributed by atoms with E-state index in [1.54, 1.807) is 0 Å². The van der Waals surface area contributed by atoms with Crippen LogP contribution in [0.3, 0.4) is 0 Å². The highest BCUT2D eigenvalue weighted by Crippen LogP contribution is 2.21. The summed E-state index contributed by atoms with van der Waals surface area (Å²) in [6.07, 6.45) is 8.60. The summed E-state index contributed by atoms with van der Waals surface area (Å²) in [4.78, 5) is 23.8. The van der Waals surface area contributed by atoms with Crippen LogP contribution < -0.4 is 5.32 Å². The SMILES string of the molecule is CS(=O)(=O)c1ccc(Cl)c(C(=O)OCC(=O)NCCC2=CCCCC2)c1. The van der Waals surface area contributed by atoms with Gasteiger partial charge in [-0.1, -0.05) is 23.3 Å². The fraction of sp³-hybridized carbons (Fsp3) is 0.444. The third-order valence-electron chi connectivity index (χ3n) is 4.07. The molecule has 8 heteroatoms. The highest BCUT2D eigenvalue weighted by atomic mass is 35.5. The Bertz CT molecular complexity index is 817. The molecule has 142 valence electrons. The Hall–Kier alpha value is -1.86. The molecule has 0 radical (unpaired) electrons. The van der Waals surface area contributed by atoms with Crippen LogP contribution in [0, 0.1) is 0 Å². The van der Waals surface area contributed by atoms with E-state index in [9.17, 15) is 18.0 Å². The normalized spacial score (nSPS) is 14.5. The van der Waals surface area contributed by atoms with Gasteiger partial charge in [0.25, 0.3) is 5.91 Å². The number of benzene rings is 1. The molecule has 0 fully saturated rings. The summed E-state index contributed by atoms with van der Waals surface area (Å²) in [5.41, 5.74) is 1.26. The lowest BCUT2D eigenvalue weighted by Crippen LogP contribution is -2.30. The summed E-state index contributed by atoms with van der Waals surface area (Å²) in [6.45, 7) is 0.0455. The number of sulfone groups is 1. The predicted octanol–water partition coefficient (Wildman–Crippen LogP) is 2.91. The topological polar surface area (TPSA) is 89.5 Å². The molecule has 0 saturated heterocycles. The minimum atomic E-state index is -3.48. The van der Waals surface area contributed by atoms with E-state index in [0.29, 0.717) is 6.54 Å². The van der Waals surface area contributed by atoms with Crippen molar-refractivity contribution in [3.8, 4) is 0 Å². The number of allylic oxidation sites excluding steroid dienone is 1. The Morgan fingerprint density at radius 1 is 1.27 bits per heavy atom. The second kappa shape index (κ2) is 9.19. The first-order chi connectivity index (χ1) is 12.3. The van der Waals surface area contributed by atoms with Crippen LogP contribution in [-0.2, 0) is 19.4 Å². The number of ether oxygens (including phenoxy) is 1. The molecule has 0 unspecified atom stereocenters. The number of hydrogen-bond donors (Lipinski definition) is 1. The first kappa shape index (κ1) is 20.5. The number of esters is 1. The molecule has 1 aromatic carbocycles. The van der Waals surface area contributed by atoms with Gasteiger partial charge in [0, 0.05) is 12.8 Å². The van der Waals surface area contributed by atoms with Gasteiger partial charge < -0.3 is 10.1 Å². The first-order valence-electron chi connectivity index (χ1n) is 8.38. The molecule has 0 aromatic heterocycles. The van der Waals surface area contributed by atoms with Crippen LogP contribution in [0.5, 0.6) is 0 Å². The molecule has 1 amide bonds. The van der Waals surface area contributed by atoms with Gasteiger partial charge in [0.2, 0.25) is 0 Å². The van der Waals surface area contributed by atoms with Gasteiger partial charge >= 0.3 is 5.97 Å². The van der Waals surface area contributed by atoms with E-state index in [0.717, 1.165) is 31.6 Å². The Balaban J connectivity index is 1.84. The maximum absolute atomic E-state index is 12.1. The molecular formula is C18H22ClNO5S. The van der Waals surface area contributed by atoms with Gasteiger partial charge in [-0.25, -0.2) is 13.2 Å². The number of carbonyl (C=O) groups is 2. The van der Waals surface area contributed by atoms with Crippen molar-refractivity contribution in [2.24, 2.45) is 0 Å². The van der Waals surface area contributed by atoms with Gasteiger partial charge in [0.05, 0.1) is 15.5 Å². The maximum Gasteiger partial charge on any atom is 0.340 e. The van der Waals surface area contributed by atoms with Crippen molar-refractivity contribution < 1.29 is 22.7 Å². The number of carbonyl (C=O) groups excluding carboxylic acids is 2. The molecule has 0 saturated carbocycles. The summed E-state index contributed by atoms with van der Waals surface area (Å²) in [5, 5.41) is 2.76. The smallest absolute Gasteiger partial charge is 0.340 e. The van der Waals surface area contributed by atoms with Crippen LogP contribution in [0.25, 0.3) is 0 Å². The Labute approximate surface area is 158 Å². The minimum absolute atomic E-state index is 0.0425. The number of halogens is 1. The van der Waals surface area contributed by atoms with Crippen LogP contribution >= 0.6 is 11.6 Å². The van der Waals surface area contributed by atoms with Gasteiger partial charge in [-0.15, -0.1) is 0 Å². The molecule has 1 N–H and O–H groups in total. The number of nitrogens with one attached hydrogen (secondary N) is 1. The lowest BCUT2D eigenvalue weighted by molar-refractivity contribution is -0.124. The Morgan fingerprint density at radius 2 is 2.04 bits per heavy atom.